The van der Waals surface area contributed by atoms with E-state index in [4.69, 9.17) is 21.9 Å². The minimum absolute atomic E-state index is 0.0105. The van der Waals surface area contributed by atoms with E-state index in [1.165, 1.54) is 11.8 Å². The molecule has 1 amide bonds. The lowest BCUT2D eigenvalue weighted by molar-refractivity contribution is -0.123. The molecule has 0 aliphatic carbocycles. The highest BCUT2D eigenvalue weighted by molar-refractivity contribution is 8.26. The van der Waals surface area contributed by atoms with Gasteiger partial charge < -0.3 is 9.64 Å². The van der Waals surface area contributed by atoms with Crippen LogP contribution in [0.25, 0.3) is 11.7 Å². The van der Waals surface area contributed by atoms with Gasteiger partial charge in [0.05, 0.1) is 28.7 Å². The summed E-state index contributed by atoms with van der Waals surface area (Å²) < 4.78 is 7.94. The number of amides is 1. The standard InChI is InChI=1S/C27H28N4O3S2/c1-16-9-8-12-30-23(16)28-24(29-14-17(2)34-18(3)15-29)21(25(30)32)13-22-26(33)31(27(35)36-22)19(4)20-10-6-5-7-11-20/h5-13,17-19H,14-15H2,1-4H3/b22-13-/t17-,18-,19+/m0/s1. The van der Waals surface area contributed by atoms with Gasteiger partial charge in [0.1, 0.15) is 15.8 Å². The van der Waals surface area contributed by atoms with Crippen LogP contribution in [0.4, 0.5) is 5.82 Å². The Morgan fingerprint density at radius 2 is 1.81 bits per heavy atom. The smallest absolute Gasteiger partial charge is 0.267 e. The molecule has 2 fully saturated rings. The summed E-state index contributed by atoms with van der Waals surface area (Å²) in [6.45, 7) is 9.12. The summed E-state index contributed by atoms with van der Waals surface area (Å²) in [5, 5.41) is 0. The maximum atomic E-state index is 13.8. The maximum Gasteiger partial charge on any atom is 0.267 e. The van der Waals surface area contributed by atoms with Crippen molar-refractivity contribution in [2.75, 3.05) is 18.0 Å². The monoisotopic (exact) mass is 520 g/mol. The molecule has 2 aliphatic heterocycles. The molecule has 3 aromatic rings. The third-order valence-electron chi connectivity index (χ3n) is 6.55. The summed E-state index contributed by atoms with van der Waals surface area (Å²) in [5.41, 5.74) is 2.67. The maximum absolute atomic E-state index is 13.8. The van der Waals surface area contributed by atoms with Gasteiger partial charge in [-0.15, -0.1) is 0 Å². The number of anilines is 1. The summed E-state index contributed by atoms with van der Waals surface area (Å²) in [6, 6.07) is 13.3. The van der Waals surface area contributed by atoms with Crippen LogP contribution in [-0.4, -0.2) is 49.8 Å². The van der Waals surface area contributed by atoms with Crippen LogP contribution in [-0.2, 0) is 9.53 Å². The van der Waals surface area contributed by atoms with Crippen molar-refractivity contribution in [2.24, 2.45) is 0 Å². The molecule has 2 saturated heterocycles. The van der Waals surface area contributed by atoms with Crippen LogP contribution in [0, 0.1) is 6.92 Å². The summed E-state index contributed by atoms with van der Waals surface area (Å²) >= 11 is 6.83. The van der Waals surface area contributed by atoms with Gasteiger partial charge in [-0.2, -0.15) is 0 Å². The number of fused-ring (bicyclic) bond motifs is 1. The van der Waals surface area contributed by atoms with Crippen molar-refractivity contribution in [3.63, 3.8) is 0 Å². The zero-order valence-electron chi connectivity index (χ0n) is 20.7. The Morgan fingerprint density at radius 3 is 2.50 bits per heavy atom. The Balaban J connectivity index is 1.62. The van der Waals surface area contributed by atoms with Crippen LogP contribution in [0.3, 0.4) is 0 Å². The molecule has 5 rings (SSSR count). The summed E-state index contributed by atoms with van der Waals surface area (Å²) in [5.74, 6) is 0.363. The van der Waals surface area contributed by atoms with Gasteiger partial charge in [-0.05, 0) is 51.0 Å². The van der Waals surface area contributed by atoms with Crippen molar-refractivity contribution in [2.45, 2.75) is 45.9 Å². The fourth-order valence-corrected chi connectivity index (χ4v) is 6.24. The molecule has 3 atom stereocenters. The number of nitrogens with zero attached hydrogens (tertiary/aromatic N) is 4. The largest absolute Gasteiger partial charge is 0.372 e. The van der Waals surface area contributed by atoms with E-state index in [0.29, 0.717) is 39.3 Å². The number of hydrogen-bond donors (Lipinski definition) is 0. The van der Waals surface area contributed by atoms with Gasteiger partial charge in [0.15, 0.2) is 0 Å². The van der Waals surface area contributed by atoms with E-state index in [1.807, 2.05) is 70.2 Å². The van der Waals surface area contributed by atoms with Crippen molar-refractivity contribution >= 4 is 51.7 Å². The second-order valence-corrected chi connectivity index (χ2v) is 11.0. The Labute approximate surface area is 219 Å². The second kappa shape index (κ2) is 9.80. The molecule has 2 aliphatic rings. The predicted octanol–water partition coefficient (Wildman–Crippen LogP) is 4.58. The average Bonchev–Trinajstić information content (AvgIpc) is 3.13. The number of hydrogen-bond acceptors (Lipinski definition) is 7. The lowest BCUT2D eigenvalue weighted by Gasteiger charge is -2.36. The second-order valence-electron chi connectivity index (χ2n) is 9.34. The van der Waals surface area contributed by atoms with Crippen LogP contribution in [0.5, 0.6) is 0 Å². The number of carbonyl (C=O) groups excluding carboxylic acids is 1. The molecule has 1 aromatic carbocycles. The van der Waals surface area contributed by atoms with Crippen molar-refractivity contribution < 1.29 is 9.53 Å². The van der Waals surface area contributed by atoms with Gasteiger partial charge in [0.25, 0.3) is 11.5 Å². The topological polar surface area (TPSA) is 67.2 Å². The van der Waals surface area contributed by atoms with Gasteiger partial charge >= 0.3 is 0 Å². The van der Waals surface area contributed by atoms with Gasteiger partial charge in [-0.25, -0.2) is 4.98 Å². The van der Waals surface area contributed by atoms with E-state index < -0.39 is 0 Å². The SMILES string of the molecule is Cc1cccn2c(=O)c(/C=C3\SC(=S)N([C@H](C)c4ccccc4)C3=O)c(N3C[C@H](C)O[C@@H](C)C3)nc12. The number of aromatic nitrogens is 2. The highest BCUT2D eigenvalue weighted by Gasteiger charge is 2.37. The molecule has 2 aromatic heterocycles. The Morgan fingerprint density at radius 1 is 1.11 bits per heavy atom. The van der Waals surface area contributed by atoms with Crippen molar-refractivity contribution in [3.05, 3.63) is 80.6 Å². The van der Waals surface area contributed by atoms with E-state index in [2.05, 4.69) is 4.90 Å². The van der Waals surface area contributed by atoms with Crippen LogP contribution in [0.2, 0.25) is 0 Å². The summed E-state index contributed by atoms with van der Waals surface area (Å²) in [7, 11) is 0. The number of morpholine rings is 1. The molecule has 4 heterocycles. The third kappa shape index (κ3) is 4.47. The minimum Gasteiger partial charge on any atom is -0.372 e. The highest BCUT2D eigenvalue weighted by Crippen LogP contribution is 2.38. The minimum atomic E-state index is -0.219. The number of carbonyl (C=O) groups is 1. The number of thioether (sulfide) groups is 1. The van der Waals surface area contributed by atoms with Crippen molar-refractivity contribution in [3.8, 4) is 0 Å². The van der Waals surface area contributed by atoms with Crippen LogP contribution >= 0.6 is 24.0 Å². The molecule has 186 valence electrons. The first kappa shape index (κ1) is 24.7. The predicted molar refractivity (Wildman–Crippen MR) is 148 cm³/mol. The summed E-state index contributed by atoms with van der Waals surface area (Å²) in [6.07, 6.45) is 3.36. The summed E-state index contributed by atoms with van der Waals surface area (Å²) in [4.78, 5) is 36.4. The Hall–Kier alpha value is -3.01. The van der Waals surface area contributed by atoms with E-state index in [0.717, 1.165) is 11.1 Å². The van der Waals surface area contributed by atoms with E-state index in [1.54, 1.807) is 21.6 Å². The molecular weight excluding hydrogens is 492 g/mol. The van der Waals surface area contributed by atoms with E-state index >= 15 is 0 Å². The molecule has 9 heteroatoms. The van der Waals surface area contributed by atoms with Gasteiger partial charge in [0.2, 0.25) is 0 Å². The fraction of sp³-hybridized carbons (Fsp3) is 0.333. The molecule has 0 unspecified atom stereocenters. The molecule has 36 heavy (non-hydrogen) atoms. The molecule has 0 radical (unpaired) electrons. The average molecular weight is 521 g/mol. The first-order valence-corrected chi connectivity index (χ1v) is 13.2. The molecule has 0 N–H and O–H groups in total. The van der Waals surface area contributed by atoms with E-state index in [-0.39, 0.29) is 29.7 Å². The number of rotatable bonds is 4. The van der Waals surface area contributed by atoms with Crippen LogP contribution in [0.15, 0.2) is 58.4 Å². The van der Waals surface area contributed by atoms with Crippen molar-refractivity contribution in [1.82, 2.24) is 14.3 Å². The van der Waals surface area contributed by atoms with Crippen molar-refractivity contribution in [1.29, 1.82) is 0 Å². The number of thiocarbonyl (C=S) groups is 1. The number of aryl methyl sites for hydroxylation is 1. The zero-order chi connectivity index (χ0) is 25.6. The number of benzene rings is 1. The molecule has 0 saturated carbocycles. The van der Waals surface area contributed by atoms with E-state index in [9.17, 15) is 9.59 Å². The molecule has 0 bridgehead atoms. The molecule has 7 nitrogen and oxygen atoms in total. The number of pyridine rings is 1. The highest BCUT2D eigenvalue weighted by atomic mass is 32.2. The van der Waals surface area contributed by atoms with Gasteiger partial charge in [0, 0.05) is 19.3 Å². The van der Waals surface area contributed by atoms with Gasteiger partial charge in [-0.3, -0.25) is 18.9 Å². The normalized spacial score (nSPS) is 22.6. The van der Waals surface area contributed by atoms with Gasteiger partial charge in [-0.1, -0.05) is 60.4 Å². The van der Waals surface area contributed by atoms with Crippen LogP contribution < -0.4 is 10.5 Å². The zero-order valence-corrected chi connectivity index (χ0v) is 22.3. The first-order valence-electron chi connectivity index (χ1n) is 12.0. The lowest BCUT2D eigenvalue weighted by atomic mass is 10.1. The Bertz CT molecular complexity index is 1430. The fourth-order valence-electron chi connectivity index (χ4n) is 4.84. The Kier molecular flexibility index (Phi) is 6.72. The first-order chi connectivity index (χ1) is 17.2. The molecule has 0 spiro atoms. The third-order valence-corrected chi connectivity index (χ3v) is 7.88. The lowest BCUT2D eigenvalue weighted by Crippen LogP contribution is -2.46. The quantitative estimate of drug-likeness (QED) is 0.369. The molecular formula is C27H28N4O3S2. The van der Waals surface area contributed by atoms with Crippen LogP contribution in [0.1, 0.15) is 43.5 Å². The number of ether oxygens (including phenoxy) is 1.